The van der Waals surface area contributed by atoms with Gasteiger partial charge in [-0.05, 0) is 61.0 Å². The molecule has 0 bridgehead atoms. The first-order valence-electron chi connectivity index (χ1n) is 13.3. The van der Waals surface area contributed by atoms with E-state index in [0.29, 0.717) is 48.9 Å². The molecule has 10 nitrogen and oxygen atoms in total. The molecule has 1 aliphatic heterocycles. The summed E-state index contributed by atoms with van der Waals surface area (Å²) in [6, 6.07) is 22.0. The Bertz CT molecular complexity index is 2130. The van der Waals surface area contributed by atoms with E-state index in [-0.39, 0.29) is 11.3 Å². The molecule has 1 aliphatic rings. The van der Waals surface area contributed by atoms with Crippen molar-refractivity contribution in [1.29, 1.82) is 0 Å². The number of carbonyl (C=O) groups is 1. The van der Waals surface area contributed by atoms with Crippen LogP contribution in [0, 0.1) is 15.9 Å². The first-order valence-corrected chi connectivity index (χ1v) is 14.1. The molecule has 1 N–H and O–H groups in total. The Kier molecular flexibility index (Phi) is 7.50. The van der Waals surface area contributed by atoms with Gasteiger partial charge in [-0.3, -0.25) is 24.3 Å². The molecule has 2 aromatic heterocycles. The molecule has 0 unspecified atom stereocenters. The van der Waals surface area contributed by atoms with Crippen molar-refractivity contribution in [2.45, 2.75) is 13.0 Å². The fourth-order valence-corrected chi connectivity index (χ4v) is 5.98. The van der Waals surface area contributed by atoms with Gasteiger partial charge in [0.25, 0.3) is 11.5 Å². The number of nitro benzene ring substituents is 1. The van der Waals surface area contributed by atoms with Gasteiger partial charge in [0.05, 0.1) is 33.9 Å². The molecular weight excluding hydrogens is 587 g/mol. The molecule has 6 rings (SSSR count). The number of carbonyl (C=O) groups excluding carboxylic acids is 1. The van der Waals surface area contributed by atoms with Gasteiger partial charge in [-0.15, -0.1) is 0 Å². The maximum absolute atomic E-state index is 13.9. The van der Waals surface area contributed by atoms with E-state index in [4.69, 9.17) is 9.15 Å². The van der Waals surface area contributed by atoms with E-state index in [1.807, 2.05) is 18.2 Å². The highest BCUT2D eigenvalue weighted by Crippen LogP contribution is 2.32. The molecule has 3 heterocycles. The molecule has 44 heavy (non-hydrogen) atoms. The Labute approximate surface area is 252 Å². The van der Waals surface area contributed by atoms with Crippen molar-refractivity contribution in [3.05, 3.63) is 143 Å². The van der Waals surface area contributed by atoms with Crippen LogP contribution < -0.4 is 24.9 Å². The number of hydrogen-bond acceptors (Lipinski definition) is 8. The zero-order chi connectivity index (χ0) is 31.0. The fourth-order valence-electron chi connectivity index (χ4n) is 4.95. The predicted octanol–water partition coefficient (Wildman–Crippen LogP) is 5.19. The van der Waals surface area contributed by atoms with Crippen molar-refractivity contribution >= 4 is 34.7 Å². The SMILES string of the molecule is COc1ccc([C@@H]2C(C(=O)Nc3ccccc3)=C(C)N=c3s/c(=C/c4ccc(-c5ccc(F)c([N+](=O)[O-])c5)o4)c(=O)n32)cc1. The predicted molar refractivity (Wildman–Crippen MR) is 163 cm³/mol. The largest absolute Gasteiger partial charge is 0.497 e. The van der Waals surface area contributed by atoms with E-state index in [1.165, 1.54) is 10.6 Å². The molecular formula is C32H23FN4O6S. The number of fused-ring (bicyclic) bond motifs is 1. The summed E-state index contributed by atoms with van der Waals surface area (Å²) in [6.45, 7) is 1.73. The Hall–Kier alpha value is -5.62. The van der Waals surface area contributed by atoms with Crippen molar-refractivity contribution in [3.63, 3.8) is 0 Å². The lowest BCUT2D eigenvalue weighted by Gasteiger charge is -2.25. The highest BCUT2D eigenvalue weighted by molar-refractivity contribution is 7.07. The van der Waals surface area contributed by atoms with Crippen LogP contribution in [0.25, 0.3) is 17.4 Å². The van der Waals surface area contributed by atoms with E-state index in [1.54, 1.807) is 68.6 Å². The number of amides is 1. The molecule has 5 aromatic rings. The van der Waals surface area contributed by atoms with Gasteiger partial charge in [0.15, 0.2) is 4.80 Å². The third-order valence-corrected chi connectivity index (χ3v) is 8.04. The van der Waals surface area contributed by atoms with Crippen LogP contribution in [0.15, 0.2) is 110 Å². The van der Waals surface area contributed by atoms with Gasteiger partial charge in [0.1, 0.15) is 17.3 Å². The van der Waals surface area contributed by atoms with Crippen LogP contribution in [0.4, 0.5) is 15.8 Å². The molecule has 0 spiro atoms. The van der Waals surface area contributed by atoms with Crippen LogP contribution in [-0.2, 0) is 4.79 Å². The van der Waals surface area contributed by atoms with E-state index in [9.17, 15) is 24.1 Å². The zero-order valence-electron chi connectivity index (χ0n) is 23.3. The van der Waals surface area contributed by atoms with Crippen molar-refractivity contribution in [3.8, 4) is 17.1 Å². The summed E-state index contributed by atoms with van der Waals surface area (Å²) >= 11 is 1.14. The summed E-state index contributed by atoms with van der Waals surface area (Å²) in [5.41, 5.74) is 1.31. The third kappa shape index (κ3) is 5.34. The third-order valence-electron chi connectivity index (χ3n) is 7.06. The number of rotatable bonds is 7. The van der Waals surface area contributed by atoms with Gasteiger partial charge < -0.3 is 14.5 Å². The fraction of sp³-hybridized carbons (Fsp3) is 0.0938. The van der Waals surface area contributed by atoms with Crippen molar-refractivity contribution in [1.82, 2.24) is 4.57 Å². The van der Waals surface area contributed by atoms with Crippen LogP contribution in [-0.4, -0.2) is 22.5 Å². The standard InChI is InChI=1S/C32H23FN4O6S/c1-18-28(30(38)35-21-6-4-3-5-7-21)29(19-8-11-22(42-2)12-9-19)36-31(39)27(44-32(36)34-18)17-23-13-15-26(43-23)20-10-14-24(33)25(16-20)37(40)41/h3-17,29H,1-2H3,(H,35,38)/b27-17+/t29-/m1/s1. The summed E-state index contributed by atoms with van der Waals surface area (Å²) in [7, 11) is 1.55. The highest BCUT2D eigenvalue weighted by Gasteiger charge is 2.32. The number of benzene rings is 3. The first-order chi connectivity index (χ1) is 21.2. The number of para-hydroxylation sites is 1. The summed E-state index contributed by atoms with van der Waals surface area (Å²) in [5, 5.41) is 14.1. The van der Waals surface area contributed by atoms with Crippen molar-refractivity contribution < 1.29 is 23.3 Å². The molecule has 3 aromatic carbocycles. The average Bonchev–Trinajstić information content (AvgIpc) is 3.61. The number of allylic oxidation sites excluding steroid dienone is 1. The molecule has 0 saturated heterocycles. The lowest BCUT2D eigenvalue weighted by Crippen LogP contribution is -2.40. The van der Waals surface area contributed by atoms with E-state index < -0.39 is 28.4 Å². The number of nitrogens with zero attached hydrogens (tertiary/aromatic N) is 3. The van der Waals surface area contributed by atoms with Gasteiger partial charge in [0.2, 0.25) is 5.82 Å². The maximum atomic E-state index is 13.9. The lowest BCUT2D eigenvalue weighted by atomic mass is 9.95. The normalized spacial score (nSPS) is 14.6. The minimum Gasteiger partial charge on any atom is -0.497 e. The number of methoxy groups -OCH3 is 1. The quantitative estimate of drug-likeness (QED) is 0.200. The Balaban J connectivity index is 1.43. The molecule has 220 valence electrons. The number of hydrogen-bond donors (Lipinski definition) is 1. The topological polar surface area (TPSA) is 129 Å². The second kappa shape index (κ2) is 11.6. The van der Waals surface area contributed by atoms with Gasteiger partial charge in [-0.2, -0.15) is 4.39 Å². The number of furan rings is 1. The van der Waals surface area contributed by atoms with Crippen LogP contribution in [0.3, 0.4) is 0 Å². The monoisotopic (exact) mass is 610 g/mol. The van der Waals surface area contributed by atoms with Gasteiger partial charge in [-0.25, -0.2) is 4.99 Å². The molecule has 0 fully saturated rings. The minimum atomic E-state index is -0.954. The number of halogens is 1. The lowest BCUT2D eigenvalue weighted by molar-refractivity contribution is -0.387. The summed E-state index contributed by atoms with van der Waals surface area (Å²) < 4.78 is 26.8. The Morgan fingerprint density at radius 1 is 1.11 bits per heavy atom. The first kappa shape index (κ1) is 28.5. The molecule has 12 heteroatoms. The number of ether oxygens (including phenoxy) is 1. The molecule has 1 atom stereocenters. The summed E-state index contributed by atoms with van der Waals surface area (Å²) in [4.78, 5) is 43.0. The number of nitrogens with one attached hydrogen (secondary N) is 1. The van der Waals surface area contributed by atoms with Crippen LogP contribution in [0.5, 0.6) is 5.75 Å². The second-order valence-electron chi connectivity index (χ2n) is 9.80. The van der Waals surface area contributed by atoms with Gasteiger partial charge in [0, 0.05) is 23.4 Å². The molecule has 0 radical (unpaired) electrons. The van der Waals surface area contributed by atoms with Gasteiger partial charge >= 0.3 is 5.69 Å². The minimum absolute atomic E-state index is 0.263. The van der Waals surface area contributed by atoms with Crippen LogP contribution in [0.2, 0.25) is 0 Å². The van der Waals surface area contributed by atoms with E-state index in [0.717, 1.165) is 23.5 Å². The average molecular weight is 611 g/mol. The van der Waals surface area contributed by atoms with Crippen LogP contribution >= 0.6 is 11.3 Å². The summed E-state index contributed by atoms with van der Waals surface area (Å²) in [5.74, 6) is -0.158. The number of anilines is 1. The number of nitro groups is 1. The second-order valence-corrected chi connectivity index (χ2v) is 10.8. The highest BCUT2D eigenvalue weighted by atomic mass is 32.1. The summed E-state index contributed by atoms with van der Waals surface area (Å²) in [6.07, 6.45) is 1.54. The van der Waals surface area contributed by atoms with E-state index in [2.05, 4.69) is 10.3 Å². The Morgan fingerprint density at radius 2 is 1.86 bits per heavy atom. The van der Waals surface area contributed by atoms with Gasteiger partial charge in [-0.1, -0.05) is 41.7 Å². The Morgan fingerprint density at radius 3 is 2.57 bits per heavy atom. The smallest absolute Gasteiger partial charge is 0.305 e. The molecule has 0 saturated carbocycles. The molecule has 0 aliphatic carbocycles. The molecule has 1 amide bonds. The zero-order valence-corrected chi connectivity index (χ0v) is 24.1. The number of aromatic nitrogens is 1. The van der Waals surface area contributed by atoms with Crippen molar-refractivity contribution in [2.24, 2.45) is 4.99 Å². The van der Waals surface area contributed by atoms with Crippen LogP contribution in [0.1, 0.15) is 24.3 Å². The number of thiazole rings is 1. The maximum Gasteiger partial charge on any atom is 0.305 e. The van der Waals surface area contributed by atoms with Crippen molar-refractivity contribution in [2.75, 3.05) is 12.4 Å². The van der Waals surface area contributed by atoms with E-state index >= 15 is 0 Å².